The first-order chi connectivity index (χ1) is 9.79. The molecule has 112 valence electrons. The molecule has 2 rings (SSSR count). The number of sulfone groups is 1. The minimum absolute atomic E-state index is 0.0834. The van der Waals surface area contributed by atoms with Crippen LogP contribution < -0.4 is 5.73 Å². The van der Waals surface area contributed by atoms with Crippen molar-refractivity contribution in [3.8, 4) is 0 Å². The van der Waals surface area contributed by atoms with E-state index >= 15 is 0 Å². The number of benzene rings is 2. The monoisotopic (exact) mass is 303 g/mol. The van der Waals surface area contributed by atoms with Gasteiger partial charge in [-0.25, -0.2) is 8.42 Å². The molecule has 1 atom stereocenters. The zero-order valence-corrected chi connectivity index (χ0v) is 13.4. The van der Waals surface area contributed by atoms with Crippen molar-refractivity contribution >= 4 is 9.84 Å². The van der Waals surface area contributed by atoms with E-state index in [0.29, 0.717) is 4.90 Å². The molecule has 2 aromatic rings. The Bertz CT molecular complexity index is 734. The Kier molecular flexibility index (Phi) is 4.49. The highest BCUT2D eigenvalue weighted by molar-refractivity contribution is 7.91. The summed E-state index contributed by atoms with van der Waals surface area (Å²) in [6, 6.07) is 12.3. The van der Waals surface area contributed by atoms with Gasteiger partial charge in [0, 0.05) is 6.04 Å². The van der Waals surface area contributed by atoms with Gasteiger partial charge in [0.15, 0.2) is 9.84 Å². The number of aryl methyl sites for hydroxylation is 3. The predicted molar refractivity (Wildman–Crippen MR) is 86.1 cm³/mol. The van der Waals surface area contributed by atoms with Crippen molar-refractivity contribution < 1.29 is 8.42 Å². The van der Waals surface area contributed by atoms with Gasteiger partial charge in [0.2, 0.25) is 0 Å². The molecular formula is C17H21NO2S. The van der Waals surface area contributed by atoms with E-state index in [9.17, 15) is 8.42 Å². The molecule has 2 N–H and O–H groups in total. The average Bonchev–Trinajstić information content (AvgIpc) is 2.38. The molecule has 0 aliphatic carbocycles. The van der Waals surface area contributed by atoms with Gasteiger partial charge in [-0.3, -0.25) is 0 Å². The molecule has 0 saturated heterocycles. The maximum absolute atomic E-state index is 12.4. The summed E-state index contributed by atoms with van der Waals surface area (Å²) in [6.07, 6.45) is 0. The minimum atomic E-state index is -3.38. The van der Waals surface area contributed by atoms with Crippen LogP contribution in [0.2, 0.25) is 0 Å². The van der Waals surface area contributed by atoms with Crippen molar-refractivity contribution in [1.82, 2.24) is 0 Å². The molecule has 3 nitrogen and oxygen atoms in total. The SMILES string of the molecule is Cc1ccc(S(=O)(=O)CC(N)c2ccc(C)cc2C)cc1. The third kappa shape index (κ3) is 3.71. The summed E-state index contributed by atoms with van der Waals surface area (Å²) in [7, 11) is -3.38. The fourth-order valence-electron chi connectivity index (χ4n) is 2.41. The van der Waals surface area contributed by atoms with Gasteiger partial charge in [-0.1, -0.05) is 41.5 Å². The van der Waals surface area contributed by atoms with Crippen LogP contribution in [0.1, 0.15) is 28.3 Å². The number of rotatable bonds is 4. The van der Waals surface area contributed by atoms with Crippen LogP contribution >= 0.6 is 0 Å². The molecule has 0 aromatic heterocycles. The topological polar surface area (TPSA) is 60.2 Å². The highest BCUT2D eigenvalue weighted by Gasteiger charge is 2.20. The molecule has 1 unspecified atom stereocenters. The van der Waals surface area contributed by atoms with Crippen molar-refractivity contribution in [2.45, 2.75) is 31.7 Å². The van der Waals surface area contributed by atoms with Gasteiger partial charge in [-0.2, -0.15) is 0 Å². The molecule has 0 spiro atoms. The predicted octanol–water partition coefficient (Wildman–Crippen LogP) is 3.09. The second-order valence-electron chi connectivity index (χ2n) is 5.56. The molecule has 4 heteroatoms. The molecule has 0 aliphatic heterocycles. The van der Waals surface area contributed by atoms with Crippen LogP contribution in [0.25, 0.3) is 0 Å². The lowest BCUT2D eigenvalue weighted by atomic mass is 10.0. The minimum Gasteiger partial charge on any atom is -0.323 e. The van der Waals surface area contributed by atoms with E-state index in [-0.39, 0.29) is 5.75 Å². The van der Waals surface area contributed by atoms with Crippen LogP contribution in [0.4, 0.5) is 0 Å². The molecule has 0 saturated carbocycles. The van der Waals surface area contributed by atoms with Gasteiger partial charge in [-0.15, -0.1) is 0 Å². The summed E-state index contributed by atoms with van der Waals surface area (Å²) in [5.41, 5.74) is 10.2. The lowest BCUT2D eigenvalue weighted by Gasteiger charge is -2.15. The molecule has 0 aliphatic rings. The lowest BCUT2D eigenvalue weighted by Crippen LogP contribution is -2.22. The van der Waals surface area contributed by atoms with Gasteiger partial charge in [-0.05, 0) is 44.0 Å². The van der Waals surface area contributed by atoms with Crippen molar-refractivity contribution in [2.75, 3.05) is 5.75 Å². The van der Waals surface area contributed by atoms with E-state index in [1.54, 1.807) is 24.3 Å². The Morgan fingerprint density at radius 3 is 2.10 bits per heavy atom. The van der Waals surface area contributed by atoms with Crippen LogP contribution in [-0.4, -0.2) is 14.2 Å². The van der Waals surface area contributed by atoms with Crippen molar-refractivity contribution in [1.29, 1.82) is 0 Å². The van der Waals surface area contributed by atoms with E-state index in [2.05, 4.69) is 0 Å². The molecule has 2 aromatic carbocycles. The number of nitrogens with two attached hydrogens (primary N) is 1. The smallest absolute Gasteiger partial charge is 0.180 e. The summed E-state index contributed by atoms with van der Waals surface area (Å²) in [5, 5.41) is 0. The first-order valence-corrected chi connectivity index (χ1v) is 8.57. The zero-order chi connectivity index (χ0) is 15.6. The highest BCUT2D eigenvalue weighted by atomic mass is 32.2. The van der Waals surface area contributed by atoms with E-state index < -0.39 is 15.9 Å². The maximum atomic E-state index is 12.4. The van der Waals surface area contributed by atoms with Gasteiger partial charge >= 0.3 is 0 Å². The van der Waals surface area contributed by atoms with E-state index in [1.807, 2.05) is 39.0 Å². The molecule has 0 bridgehead atoms. The largest absolute Gasteiger partial charge is 0.323 e. The van der Waals surface area contributed by atoms with Crippen LogP contribution in [-0.2, 0) is 9.84 Å². The second kappa shape index (κ2) is 6.00. The Balaban J connectivity index is 2.25. The van der Waals surface area contributed by atoms with Crippen molar-refractivity contribution in [2.24, 2.45) is 5.73 Å². The Morgan fingerprint density at radius 2 is 1.52 bits per heavy atom. The standard InChI is InChI=1S/C17H21NO2S/c1-12-4-7-15(8-5-12)21(19,20)11-17(18)16-9-6-13(2)10-14(16)3/h4-10,17H,11,18H2,1-3H3. The number of hydrogen-bond donors (Lipinski definition) is 1. The molecular weight excluding hydrogens is 282 g/mol. The van der Waals surface area contributed by atoms with Gasteiger partial charge in [0.05, 0.1) is 10.6 Å². The van der Waals surface area contributed by atoms with Crippen LogP contribution in [0.15, 0.2) is 47.4 Å². The summed E-state index contributed by atoms with van der Waals surface area (Å²) in [6.45, 7) is 5.89. The zero-order valence-electron chi connectivity index (χ0n) is 12.6. The fourth-order valence-corrected chi connectivity index (χ4v) is 3.81. The van der Waals surface area contributed by atoms with Crippen LogP contribution in [0.5, 0.6) is 0 Å². The molecule has 0 radical (unpaired) electrons. The van der Waals surface area contributed by atoms with Gasteiger partial charge in [0.25, 0.3) is 0 Å². The molecule has 0 amide bonds. The normalized spacial score (nSPS) is 13.1. The third-order valence-electron chi connectivity index (χ3n) is 3.60. The van der Waals surface area contributed by atoms with Crippen molar-refractivity contribution in [3.63, 3.8) is 0 Å². The van der Waals surface area contributed by atoms with Gasteiger partial charge < -0.3 is 5.73 Å². The molecule has 0 heterocycles. The second-order valence-corrected chi connectivity index (χ2v) is 7.60. The number of hydrogen-bond acceptors (Lipinski definition) is 3. The van der Waals surface area contributed by atoms with Crippen LogP contribution in [0.3, 0.4) is 0 Å². The molecule has 0 fully saturated rings. The van der Waals surface area contributed by atoms with E-state index in [0.717, 1.165) is 22.3 Å². The first kappa shape index (κ1) is 15.7. The van der Waals surface area contributed by atoms with Crippen LogP contribution in [0, 0.1) is 20.8 Å². The third-order valence-corrected chi connectivity index (χ3v) is 5.39. The summed E-state index contributed by atoms with van der Waals surface area (Å²) < 4.78 is 24.9. The Hall–Kier alpha value is -1.65. The summed E-state index contributed by atoms with van der Waals surface area (Å²) >= 11 is 0. The molecule has 21 heavy (non-hydrogen) atoms. The van der Waals surface area contributed by atoms with E-state index in [1.165, 1.54) is 0 Å². The lowest BCUT2D eigenvalue weighted by molar-refractivity contribution is 0.588. The fraction of sp³-hybridized carbons (Fsp3) is 0.294. The Labute approximate surface area is 126 Å². The van der Waals surface area contributed by atoms with E-state index in [4.69, 9.17) is 5.73 Å². The average molecular weight is 303 g/mol. The summed E-state index contributed by atoms with van der Waals surface area (Å²) in [4.78, 5) is 0.327. The maximum Gasteiger partial charge on any atom is 0.180 e. The van der Waals surface area contributed by atoms with Gasteiger partial charge in [0.1, 0.15) is 0 Å². The quantitative estimate of drug-likeness (QED) is 0.944. The first-order valence-electron chi connectivity index (χ1n) is 6.92. The Morgan fingerprint density at radius 1 is 0.952 bits per heavy atom. The highest BCUT2D eigenvalue weighted by Crippen LogP contribution is 2.22. The summed E-state index contributed by atoms with van der Waals surface area (Å²) in [5.74, 6) is -0.0834. The van der Waals surface area contributed by atoms with Crippen molar-refractivity contribution in [3.05, 3.63) is 64.7 Å².